The summed E-state index contributed by atoms with van der Waals surface area (Å²) in [6.07, 6.45) is 2.97. The minimum Gasteiger partial charge on any atom is -0.458 e. The number of nitrogens with one attached hydrogen (secondary N) is 1. The van der Waals surface area contributed by atoms with E-state index in [1.165, 1.54) is 0 Å². The highest BCUT2D eigenvalue weighted by Crippen LogP contribution is 2.31. The molecule has 0 amide bonds. The Balaban J connectivity index is 2.23. The Bertz CT molecular complexity index is 621. The molecule has 1 aromatic carbocycles. The molecule has 1 unspecified atom stereocenters. The van der Waals surface area contributed by atoms with E-state index in [4.69, 9.17) is 4.42 Å². The maximum atomic E-state index is 6.03. The van der Waals surface area contributed by atoms with E-state index in [0.717, 1.165) is 47.0 Å². The first-order valence-corrected chi connectivity index (χ1v) is 7.86. The van der Waals surface area contributed by atoms with Crippen molar-refractivity contribution < 1.29 is 4.42 Å². The molecule has 0 saturated carbocycles. The topological polar surface area (TPSA) is 25.2 Å². The summed E-state index contributed by atoms with van der Waals surface area (Å²) in [6, 6.07) is 8.48. The molecule has 0 aliphatic heterocycles. The fourth-order valence-electron chi connectivity index (χ4n) is 2.22. The molecule has 0 radical (unpaired) electrons. The van der Waals surface area contributed by atoms with Crippen LogP contribution in [0.1, 0.15) is 44.9 Å². The predicted molar refractivity (Wildman–Crippen MR) is 87.6 cm³/mol. The van der Waals surface area contributed by atoms with Gasteiger partial charge in [-0.1, -0.05) is 19.1 Å². The summed E-state index contributed by atoms with van der Waals surface area (Å²) in [4.78, 5) is 0. The summed E-state index contributed by atoms with van der Waals surface area (Å²) in [5, 5.41) is 4.69. The van der Waals surface area contributed by atoms with Gasteiger partial charge in [-0.2, -0.15) is 0 Å². The first-order valence-electron chi connectivity index (χ1n) is 7.07. The van der Waals surface area contributed by atoms with Crippen LogP contribution >= 0.6 is 15.9 Å². The largest absolute Gasteiger partial charge is 0.458 e. The van der Waals surface area contributed by atoms with E-state index >= 15 is 0 Å². The van der Waals surface area contributed by atoms with E-state index in [1.54, 1.807) is 0 Å². The van der Waals surface area contributed by atoms with Gasteiger partial charge in [0.15, 0.2) is 0 Å². The van der Waals surface area contributed by atoms with Crippen molar-refractivity contribution in [2.45, 2.75) is 39.2 Å². The molecule has 0 bridgehead atoms. The van der Waals surface area contributed by atoms with Gasteiger partial charge in [0.05, 0.1) is 10.5 Å². The van der Waals surface area contributed by atoms with Gasteiger partial charge in [0.1, 0.15) is 11.3 Å². The van der Waals surface area contributed by atoms with Crippen molar-refractivity contribution in [1.29, 1.82) is 0 Å². The van der Waals surface area contributed by atoms with Crippen LogP contribution in [0.2, 0.25) is 0 Å². The average Bonchev–Trinajstić information content (AvgIpc) is 2.88. The Kier molecular flexibility index (Phi) is 5.70. The normalized spacial score (nSPS) is 12.2. The van der Waals surface area contributed by atoms with Crippen LogP contribution < -0.4 is 5.32 Å². The summed E-state index contributed by atoms with van der Waals surface area (Å²) in [5.74, 6) is 7.08. The molecule has 1 atom stereocenters. The Morgan fingerprint density at radius 2 is 2.25 bits per heavy atom. The third-order valence-corrected chi connectivity index (χ3v) is 3.86. The predicted octanol–water partition coefficient (Wildman–Crippen LogP) is 5.04. The zero-order valence-electron chi connectivity index (χ0n) is 12.0. The maximum absolute atomic E-state index is 6.03. The second-order valence-electron chi connectivity index (χ2n) is 4.78. The van der Waals surface area contributed by atoms with Gasteiger partial charge >= 0.3 is 0 Å². The molecule has 0 spiro atoms. The molecule has 1 aromatic heterocycles. The van der Waals surface area contributed by atoms with Crippen molar-refractivity contribution in [3.8, 4) is 11.8 Å². The van der Waals surface area contributed by atoms with Crippen molar-refractivity contribution in [2.75, 3.05) is 6.54 Å². The molecule has 2 rings (SSSR count). The van der Waals surface area contributed by atoms with Crippen molar-refractivity contribution in [1.82, 2.24) is 5.32 Å². The van der Waals surface area contributed by atoms with Gasteiger partial charge in [-0.15, -0.1) is 11.8 Å². The lowest BCUT2D eigenvalue weighted by Gasteiger charge is -2.14. The van der Waals surface area contributed by atoms with Gasteiger partial charge in [0.25, 0.3) is 0 Å². The maximum Gasteiger partial charge on any atom is 0.148 e. The molecule has 0 aliphatic carbocycles. The van der Waals surface area contributed by atoms with Crippen LogP contribution in [0, 0.1) is 11.8 Å². The van der Waals surface area contributed by atoms with Gasteiger partial charge < -0.3 is 9.73 Å². The van der Waals surface area contributed by atoms with Gasteiger partial charge in [0, 0.05) is 11.8 Å². The number of furan rings is 1. The van der Waals surface area contributed by atoms with E-state index in [0.29, 0.717) is 0 Å². The molecule has 106 valence electrons. The van der Waals surface area contributed by atoms with Crippen LogP contribution in [0.25, 0.3) is 11.0 Å². The third kappa shape index (κ3) is 3.65. The lowest BCUT2D eigenvalue weighted by molar-refractivity contribution is 0.413. The highest BCUT2D eigenvalue weighted by atomic mass is 79.9. The van der Waals surface area contributed by atoms with Gasteiger partial charge in [-0.25, -0.2) is 0 Å². The van der Waals surface area contributed by atoms with E-state index in [-0.39, 0.29) is 6.04 Å². The monoisotopic (exact) mass is 333 g/mol. The van der Waals surface area contributed by atoms with Crippen LogP contribution in [0.5, 0.6) is 0 Å². The number of para-hydroxylation sites is 1. The molecule has 1 heterocycles. The lowest BCUT2D eigenvalue weighted by Crippen LogP contribution is -2.21. The third-order valence-electron chi connectivity index (χ3n) is 3.23. The summed E-state index contributed by atoms with van der Waals surface area (Å²) in [5.41, 5.74) is 0.923. The average molecular weight is 334 g/mol. The highest BCUT2D eigenvalue weighted by molar-refractivity contribution is 9.10. The number of hydrogen-bond acceptors (Lipinski definition) is 2. The number of hydrogen-bond donors (Lipinski definition) is 1. The molecule has 20 heavy (non-hydrogen) atoms. The molecule has 0 fully saturated rings. The van der Waals surface area contributed by atoms with Gasteiger partial charge in [0.2, 0.25) is 0 Å². The van der Waals surface area contributed by atoms with Crippen molar-refractivity contribution in [3.63, 3.8) is 0 Å². The molecule has 2 nitrogen and oxygen atoms in total. The fourth-order valence-corrected chi connectivity index (χ4v) is 2.69. The Hall–Kier alpha value is -1.24. The molecular formula is C17H20BrNO. The summed E-state index contributed by atoms with van der Waals surface area (Å²) >= 11 is 3.54. The van der Waals surface area contributed by atoms with E-state index < -0.39 is 0 Å². The van der Waals surface area contributed by atoms with E-state index in [9.17, 15) is 0 Å². The molecule has 0 saturated heterocycles. The minimum atomic E-state index is 0.232. The standard InChI is InChI=1S/C17H20BrNO/c1-3-5-6-10-15(19-11-4-2)16-12-13-8-7-9-14(18)17(13)20-16/h7-9,12,15,19H,4,6,10-11H2,1-2H3. The van der Waals surface area contributed by atoms with E-state index in [2.05, 4.69) is 52.1 Å². The molecule has 3 heteroatoms. The number of rotatable bonds is 6. The SMILES string of the molecule is CC#CCCC(NCCC)c1cc2cccc(Br)c2o1. The quantitative estimate of drug-likeness (QED) is 0.749. The second kappa shape index (κ2) is 7.52. The first-order chi connectivity index (χ1) is 9.76. The van der Waals surface area contributed by atoms with Gasteiger partial charge in [-0.3, -0.25) is 0 Å². The highest BCUT2D eigenvalue weighted by Gasteiger charge is 2.16. The smallest absolute Gasteiger partial charge is 0.148 e. The van der Waals surface area contributed by atoms with E-state index in [1.807, 2.05) is 19.1 Å². The molecular weight excluding hydrogens is 314 g/mol. The summed E-state index contributed by atoms with van der Waals surface area (Å²) in [7, 11) is 0. The second-order valence-corrected chi connectivity index (χ2v) is 5.63. The molecule has 2 aromatic rings. The lowest BCUT2D eigenvalue weighted by atomic mass is 10.1. The number of halogens is 1. The van der Waals surface area contributed by atoms with Crippen LogP contribution in [0.3, 0.4) is 0 Å². The summed E-state index contributed by atoms with van der Waals surface area (Å²) in [6.45, 7) is 5.04. The van der Waals surface area contributed by atoms with Gasteiger partial charge in [-0.05, 0) is 54.4 Å². The zero-order chi connectivity index (χ0) is 14.4. The number of fused-ring (bicyclic) bond motifs is 1. The Morgan fingerprint density at radius 1 is 1.40 bits per heavy atom. The van der Waals surface area contributed by atoms with Crippen molar-refractivity contribution in [3.05, 3.63) is 34.5 Å². The fraction of sp³-hybridized carbons (Fsp3) is 0.412. The minimum absolute atomic E-state index is 0.232. The summed E-state index contributed by atoms with van der Waals surface area (Å²) < 4.78 is 7.03. The van der Waals surface area contributed by atoms with Crippen LogP contribution in [0.15, 0.2) is 33.2 Å². The van der Waals surface area contributed by atoms with Crippen LogP contribution in [-0.4, -0.2) is 6.54 Å². The van der Waals surface area contributed by atoms with Crippen LogP contribution in [0.4, 0.5) is 0 Å². The van der Waals surface area contributed by atoms with Crippen LogP contribution in [-0.2, 0) is 0 Å². The van der Waals surface area contributed by atoms with Crippen molar-refractivity contribution >= 4 is 26.9 Å². The van der Waals surface area contributed by atoms with Crippen molar-refractivity contribution in [2.24, 2.45) is 0 Å². The molecule has 0 aliphatic rings. The molecule has 1 N–H and O–H groups in total. The Labute approximate surface area is 129 Å². The number of benzene rings is 1. The Morgan fingerprint density at radius 3 is 2.95 bits per heavy atom. The first kappa shape index (κ1) is 15.2. The zero-order valence-corrected chi connectivity index (χ0v) is 13.6.